The Bertz CT molecular complexity index is 714. The quantitative estimate of drug-likeness (QED) is 0.866. The van der Waals surface area contributed by atoms with E-state index in [9.17, 15) is 8.42 Å². The second-order valence-corrected chi connectivity index (χ2v) is 7.67. The van der Waals surface area contributed by atoms with E-state index in [-0.39, 0.29) is 4.21 Å². The van der Waals surface area contributed by atoms with E-state index in [2.05, 4.69) is 10.0 Å². The third-order valence-corrected chi connectivity index (χ3v) is 6.06. The summed E-state index contributed by atoms with van der Waals surface area (Å²) in [6.45, 7) is 0.624. The number of anilines is 1. The van der Waals surface area contributed by atoms with Crippen LogP contribution in [0.2, 0.25) is 10.0 Å². The molecule has 0 unspecified atom stereocenters. The number of hydrogen-bond acceptors (Lipinski definition) is 4. The monoisotopic (exact) mass is 350 g/mol. The minimum absolute atomic E-state index is 0.258. The van der Waals surface area contributed by atoms with Crippen molar-refractivity contribution in [1.29, 1.82) is 0 Å². The van der Waals surface area contributed by atoms with Gasteiger partial charge in [-0.1, -0.05) is 23.2 Å². The van der Waals surface area contributed by atoms with E-state index in [0.29, 0.717) is 22.3 Å². The summed E-state index contributed by atoms with van der Waals surface area (Å²) < 4.78 is 27.2. The number of thiophene rings is 1. The van der Waals surface area contributed by atoms with E-state index < -0.39 is 10.0 Å². The van der Waals surface area contributed by atoms with Crippen molar-refractivity contribution in [3.63, 3.8) is 0 Å². The number of hydrogen-bond donors (Lipinski definition) is 2. The Hall–Kier alpha value is -0.790. The molecule has 0 saturated carbocycles. The predicted octanol–water partition coefficient (Wildman–Crippen LogP) is 3.58. The van der Waals surface area contributed by atoms with E-state index in [1.165, 1.54) is 17.4 Å². The molecule has 8 heteroatoms. The normalized spacial score (nSPS) is 11.6. The van der Waals surface area contributed by atoms with Crippen LogP contribution in [0.15, 0.2) is 33.9 Å². The molecule has 2 N–H and O–H groups in total. The predicted molar refractivity (Wildman–Crippen MR) is 84.4 cm³/mol. The van der Waals surface area contributed by atoms with Crippen molar-refractivity contribution in [2.75, 3.05) is 11.8 Å². The number of nitrogens with one attached hydrogen (secondary N) is 2. The number of rotatable bonds is 5. The minimum Gasteiger partial charge on any atom is -0.316 e. The maximum absolute atomic E-state index is 12.2. The molecule has 0 spiro atoms. The summed E-state index contributed by atoms with van der Waals surface area (Å²) in [5.41, 5.74) is 1.30. The van der Waals surface area contributed by atoms with Gasteiger partial charge in [0.15, 0.2) is 0 Å². The molecule has 1 aromatic heterocycles. The van der Waals surface area contributed by atoms with Gasteiger partial charge in [-0.25, -0.2) is 8.42 Å². The van der Waals surface area contributed by atoms with Crippen molar-refractivity contribution in [2.24, 2.45) is 0 Å². The van der Waals surface area contributed by atoms with Crippen LogP contribution < -0.4 is 10.0 Å². The molecule has 1 heterocycles. The van der Waals surface area contributed by atoms with Crippen LogP contribution in [0.5, 0.6) is 0 Å². The van der Waals surface area contributed by atoms with Gasteiger partial charge in [0.2, 0.25) is 0 Å². The molecule has 0 radical (unpaired) electrons. The number of benzene rings is 1. The molecule has 20 heavy (non-hydrogen) atoms. The Labute approximate surface area is 131 Å². The van der Waals surface area contributed by atoms with Gasteiger partial charge in [0.1, 0.15) is 4.21 Å². The first-order chi connectivity index (χ1) is 9.42. The Balaban J connectivity index is 2.23. The van der Waals surface area contributed by atoms with Crippen LogP contribution in [0, 0.1) is 0 Å². The average molecular weight is 351 g/mol. The smallest absolute Gasteiger partial charge is 0.271 e. The minimum atomic E-state index is -3.60. The molecule has 0 aliphatic carbocycles. The van der Waals surface area contributed by atoms with Crippen LogP contribution in [-0.4, -0.2) is 15.5 Å². The molecular formula is C12H12Cl2N2O2S2. The highest BCUT2D eigenvalue weighted by Crippen LogP contribution is 2.28. The molecule has 4 nitrogen and oxygen atoms in total. The van der Waals surface area contributed by atoms with E-state index in [0.717, 1.165) is 5.56 Å². The van der Waals surface area contributed by atoms with E-state index in [1.807, 2.05) is 0 Å². The highest BCUT2D eigenvalue weighted by Gasteiger charge is 2.17. The van der Waals surface area contributed by atoms with Crippen LogP contribution >= 0.6 is 34.5 Å². The summed E-state index contributed by atoms with van der Waals surface area (Å²) in [4.78, 5) is 0. The molecule has 0 bridgehead atoms. The second kappa shape index (κ2) is 6.32. The zero-order chi connectivity index (χ0) is 14.8. The third-order valence-electron chi connectivity index (χ3n) is 2.45. The SMILES string of the molecule is CNCc1csc(S(=O)(=O)Nc2ccc(Cl)c(Cl)c2)c1. The lowest BCUT2D eigenvalue weighted by molar-refractivity contribution is 0.603. The molecule has 108 valence electrons. The Morgan fingerprint density at radius 3 is 2.60 bits per heavy atom. The van der Waals surface area contributed by atoms with Crippen LogP contribution in [0.3, 0.4) is 0 Å². The van der Waals surface area contributed by atoms with Crippen LogP contribution in [-0.2, 0) is 16.6 Å². The fourth-order valence-electron chi connectivity index (χ4n) is 1.56. The number of sulfonamides is 1. The summed E-state index contributed by atoms with van der Waals surface area (Å²) in [5, 5.41) is 5.45. The molecule has 0 amide bonds. The van der Waals surface area contributed by atoms with E-state index >= 15 is 0 Å². The fourth-order valence-corrected chi connectivity index (χ4v) is 4.11. The Kier molecular flexibility index (Phi) is 4.93. The van der Waals surface area contributed by atoms with Gasteiger partial charge in [-0.05, 0) is 42.3 Å². The van der Waals surface area contributed by atoms with Crippen molar-refractivity contribution in [1.82, 2.24) is 5.32 Å². The highest BCUT2D eigenvalue weighted by atomic mass is 35.5. The molecule has 0 aliphatic heterocycles. The maximum Gasteiger partial charge on any atom is 0.271 e. The van der Waals surface area contributed by atoms with Crippen molar-refractivity contribution in [2.45, 2.75) is 10.8 Å². The largest absolute Gasteiger partial charge is 0.316 e. The second-order valence-electron chi connectivity index (χ2n) is 4.04. The van der Waals surface area contributed by atoms with Crippen molar-refractivity contribution >= 4 is 50.2 Å². The summed E-state index contributed by atoms with van der Waals surface area (Å²) in [7, 11) is -1.80. The zero-order valence-corrected chi connectivity index (χ0v) is 13.6. The standard InChI is InChI=1S/C12H12Cl2N2O2S2/c1-15-6-8-4-12(19-7-8)20(17,18)16-9-2-3-10(13)11(14)5-9/h2-5,7,15-16H,6H2,1H3. The molecular weight excluding hydrogens is 339 g/mol. The first kappa shape index (κ1) is 15.6. The van der Waals surface area contributed by atoms with Crippen molar-refractivity contribution in [3.05, 3.63) is 45.3 Å². The molecule has 2 aromatic rings. The lowest BCUT2D eigenvalue weighted by Crippen LogP contribution is -2.11. The molecule has 0 atom stereocenters. The van der Waals surface area contributed by atoms with Crippen LogP contribution in [0.4, 0.5) is 5.69 Å². The van der Waals surface area contributed by atoms with Gasteiger partial charge in [-0.3, -0.25) is 4.72 Å². The molecule has 1 aromatic carbocycles. The van der Waals surface area contributed by atoms with Crippen LogP contribution in [0.1, 0.15) is 5.56 Å². The van der Waals surface area contributed by atoms with Gasteiger partial charge in [-0.15, -0.1) is 11.3 Å². The van der Waals surface area contributed by atoms with Gasteiger partial charge in [0, 0.05) is 6.54 Å². The van der Waals surface area contributed by atoms with Gasteiger partial charge in [0.25, 0.3) is 10.0 Å². The van der Waals surface area contributed by atoms with E-state index in [4.69, 9.17) is 23.2 Å². The Morgan fingerprint density at radius 2 is 1.95 bits per heavy atom. The van der Waals surface area contributed by atoms with Crippen molar-refractivity contribution in [3.8, 4) is 0 Å². The van der Waals surface area contributed by atoms with Gasteiger partial charge in [0.05, 0.1) is 15.7 Å². The first-order valence-corrected chi connectivity index (χ1v) is 8.74. The average Bonchev–Trinajstić information content (AvgIpc) is 2.83. The molecule has 0 aliphatic rings. The summed E-state index contributed by atoms with van der Waals surface area (Å²) in [6, 6.07) is 6.22. The lowest BCUT2D eigenvalue weighted by Gasteiger charge is -2.07. The Morgan fingerprint density at radius 1 is 1.20 bits per heavy atom. The van der Waals surface area contributed by atoms with E-state index in [1.54, 1.807) is 30.6 Å². The van der Waals surface area contributed by atoms with Gasteiger partial charge < -0.3 is 5.32 Å². The molecule has 0 fully saturated rings. The lowest BCUT2D eigenvalue weighted by atomic mass is 10.3. The number of halogens is 2. The zero-order valence-electron chi connectivity index (χ0n) is 10.5. The summed E-state index contributed by atoms with van der Waals surface area (Å²) >= 11 is 12.8. The molecule has 2 rings (SSSR count). The van der Waals surface area contributed by atoms with Crippen LogP contribution in [0.25, 0.3) is 0 Å². The van der Waals surface area contributed by atoms with Gasteiger partial charge in [-0.2, -0.15) is 0 Å². The highest BCUT2D eigenvalue weighted by molar-refractivity contribution is 7.94. The molecule has 0 saturated heterocycles. The third kappa shape index (κ3) is 3.65. The fraction of sp³-hybridized carbons (Fsp3) is 0.167. The topological polar surface area (TPSA) is 58.2 Å². The maximum atomic E-state index is 12.2. The summed E-state index contributed by atoms with van der Waals surface area (Å²) in [6.07, 6.45) is 0. The summed E-state index contributed by atoms with van der Waals surface area (Å²) in [5.74, 6) is 0. The van der Waals surface area contributed by atoms with Crippen molar-refractivity contribution < 1.29 is 8.42 Å². The first-order valence-electron chi connectivity index (χ1n) is 5.62. The van der Waals surface area contributed by atoms with Gasteiger partial charge >= 0.3 is 0 Å².